The summed E-state index contributed by atoms with van der Waals surface area (Å²) in [6.07, 6.45) is 2.93. The van der Waals surface area contributed by atoms with Crippen molar-refractivity contribution in [3.63, 3.8) is 0 Å². The van der Waals surface area contributed by atoms with Gasteiger partial charge in [-0.15, -0.1) is 0 Å². The van der Waals surface area contributed by atoms with E-state index in [1.54, 1.807) is 17.8 Å². The SMILES string of the molecule is C=CC(=O)/C=C1\Sc2ccccc2N1C. The number of hydrogen-bond acceptors (Lipinski definition) is 3. The molecule has 0 saturated heterocycles. The van der Waals surface area contributed by atoms with E-state index in [0.717, 1.165) is 10.7 Å². The molecule has 15 heavy (non-hydrogen) atoms. The lowest BCUT2D eigenvalue weighted by molar-refractivity contribution is -0.110. The summed E-state index contributed by atoms with van der Waals surface area (Å²) in [7, 11) is 1.96. The van der Waals surface area contributed by atoms with Crippen molar-refractivity contribution in [3.05, 3.63) is 48.0 Å². The average Bonchev–Trinajstić information content (AvgIpc) is 2.57. The zero-order valence-corrected chi connectivity index (χ0v) is 9.25. The van der Waals surface area contributed by atoms with Gasteiger partial charge in [0, 0.05) is 18.0 Å². The second-order valence-corrected chi connectivity index (χ2v) is 4.28. The number of fused-ring (bicyclic) bond motifs is 1. The van der Waals surface area contributed by atoms with E-state index in [9.17, 15) is 4.79 Å². The van der Waals surface area contributed by atoms with Crippen LogP contribution >= 0.6 is 11.8 Å². The Balaban J connectivity index is 2.35. The Morgan fingerprint density at radius 2 is 2.20 bits per heavy atom. The van der Waals surface area contributed by atoms with E-state index >= 15 is 0 Å². The molecule has 0 saturated carbocycles. The van der Waals surface area contributed by atoms with Crippen molar-refractivity contribution < 1.29 is 4.79 Å². The van der Waals surface area contributed by atoms with Crippen molar-refractivity contribution in [3.8, 4) is 0 Å². The number of benzene rings is 1. The summed E-state index contributed by atoms with van der Waals surface area (Å²) in [6.45, 7) is 3.45. The van der Waals surface area contributed by atoms with Gasteiger partial charge in [0.05, 0.1) is 10.7 Å². The second-order valence-electron chi connectivity index (χ2n) is 3.22. The Morgan fingerprint density at radius 1 is 1.47 bits per heavy atom. The van der Waals surface area contributed by atoms with Gasteiger partial charge in [0.15, 0.2) is 5.78 Å². The van der Waals surface area contributed by atoms with Gasteiger partial charge in [-0.2, -0.15) is 0 Å². The maximum atomic E-state index is 11.2. The number of allylic oxidation sites excluding steroid dienone is 2. The molecule has 0 spiro atoms. The molecule has 1 aromatic carbocycles. The van der Waals surface area contributed by atoms with Gasteiger partial charge in [-0.1, -0.05) is 30.5 Å². The van der Waals surface area contributed by atoms with E-state index < -0.39 is 0 Å². The monoisotopic (exact) mass is 217 g/mol. The van der Waals surface area contributed by atoms with E-state index in [4.69, 9.17) is 0 Å². The molecule has 1 aliphatic heterocycles. The molecule has 0 atom stereocenters. The Labute approximate surface area is 93.3 Å². The summed E-state index contributed by atoms with van der Waals surface area (Å²) in [5.74, 6) is -0.0582. The number of thioether (sulfide) groups is 1. The number of carbonyl (C=O) groups excluding carboxylic acids is 1. The molecule has 1 heterocycles. The molecule has 2 nitrogen and oxygen atoms in total. The predicted octanol–water partition coefficient (Wildman–Crippen LogP) is 2.83. The number of para-hydroxylation sites is 1. The molecule has 0 amide bonds. The van der Waals surface area contributed by atoms with Crippen LogP contribution in [0.25, 0.3) is 0 Å². The summed E-state index contributed by atoms with van der Waals surface area (Å²) >= 11 is 1.61. The fraction of sp³-hybridized carbons (Fsp3) is 0.0833. The van der Waals surface area contributed by atoms with Crippen molar-refractivity contribution in [2.75, 3.05) is 11.9 Å². The highest BCUT2D eigenvalue weighted by Gasteiger charge is 2.21. The number of nitrogens with zero attached hydrogens (tertiary/aromatic N) is 1. The minimum absolute atomic E-state index is 0.0582. The average molecular weight is 217 g/mol. The maximum Gasteiger partial charge on any atom is 0.180 e. The lowest BCUT2D eigenvalue weighted by Gasteiger charge is -2.12. The Morgan fingerprint density at radius 3 is 2.87 bits per heavy atom. The van der Waals surface area contributed by atoms with E-state index in [-0.39, 0.29) is 5.78 Å². The standard InChI is InChI=1S/C12H11NOS/c1-3-9(14)8-12-13(2)10-6-4-5-7-11(10)15-12/h3-8H,1H2,2H3/b12-8-. The van der Waals surface area contributed by atoms with Gasteiger partial charge < -0.3 is 4.90 Å². The summed E-state index contributed by atoms with van der Waals surface area (Å²) in [5.41, 5.74) is 1.14. The van der Waals surface area contributed by atoms with Crippen molar-refractivity contribution in [1.82, 2.24) is 0 Å². The first-order valence-electron chi connectivity index (χ1n) is 4.61. The Hall–Kier alpha value is -1.48. The van der Waals surface area contributed by atoms with Crippen LogP contribution in [-0.4, -0.2) is 12.8 Å². The molecular weight excluding hydrogens is 206 g/mol. The molecule has 3 heteroatoms. The Kier molecular flexibility index (Phi) is 2.64. The third kappa shape index (κ3) is 1.83. The topological polar surface area (TPSA) is 20.3 Å². The van der Waals surface area contributed by atoms with Crippen LogP contribution in [0.2, 0.25) is 0 Å². The van der Waals surface area contributed by atoms with Crippen molar-refractivity contribution in [1.29, 1.82) is 0 Å². The zero-order valence-electron chi connectivity index (χ0n) is 8.43. The number of anilines is 1. The molecule has 0 N–H and O–H groups in total. The van der Waals surface area contributed by atoms with Crippen molar-refractivity contribution >= 4 is 23.2 Å². The molecule has 0 fully saturated rings. The van der Waals surface area contributed by atoms with Gasteiger partial charge in [0.25, 0.3) is 0 Å². The molecule has 1 aromatic rings. The van der Waals surface area contributed by atoms with Crippen LogP contribution in [0.15, 0.2) is 52.9 Å². The van der Waals surface area contributed by atoms with E-state index in [1.165, 1.54) is 11.0 Å². The summed E-state index contributed by atoms with van der Waals surface area (Å²) in [6, 6.07) is 8.09. The predicted molar refractivity (Wildman–Crippen MR) is 64.0 cm³/mol. The summed E-state index contributed by atoms with van der Waals surface area (Å²) in [5, 5.41) is 0.945. The number of ketones is 1. The van der Waals surface area contributed by atoms with E-state index in [0.29, 0.717) is 0 Å². The molecule has 1 aliphatic rings. The summed E-state index contributed by atoms with van der Waals surface area (Å²) in [4.78, 5) is 14.4. The molecule has 0 aliphatic carbocycles. The van der Waals surface area contributed by atoms with E-state index in [2.05, 4.69) is 12.6 Å². The van der Waals surface area contributed by atoms with Crippen LogP contribution in [0, 0.1) is 0 Å². The van der Waals surface area contributed by atoms with E-state index in [1.807, 2.05) is 30.1 Å². The van der Waals surface area contributed by atoms with Crippen LogP contribution in [0.3, 0.4) is 0 Å². The lowest BCUT2D eigenvalue weighted by Crippen LogP contribution is -2.10. The summed E-state index contributed by atoms with van der Waals surface area (Å²) < 4.78 is 0. The number of rotatable bonds is 2. The normalized spacial score (nSPS) is 16.6. The van der Waals surface area contributed by atoms with Gasteiger partial charge in [0.2, 0.25) is 0 Å². The van der Waals surface area contributed by atoms with Gasteiger partial charge in [-0.25, -0.2) is 0 Å². The van der Waals surface area contributed by atoms with Crippen molar-refractivity contribution in [2.24, 2.45) is 0 Å². The molecule has 76 valence electrons. The van der Waals surface area contributed by atoms with Crippen LogP contribution < -0.4 is 4.90 Å². The highest BCUT2D eigenvalue weighted by molar-refractivity contribution is 8.03. The van der Waals surface area contributed by atoms with Gasteiger partial charge in [0.1, 0.15) is 0 Å². The molecule has 0 unspecified atom stereocenters. The van der Waals surface area contributed by atoms with Gasteiger partial charge in [-0.05, 0) is 18.2 Å². The van der Waals surface area contributed by atoms with Crippen LogP contribution in [0.4, 0.5) is 5.69 Å². The minimum Gasteiger partial charge on any atom is -0.338 e. The third-order valence-electron chi connectivity index (χ3n) is 2.24. The lowest BCUT2D eigenvalue weighted by atomic mass is 10.3. The highest BCUT2D eigenvalue weighted by Crippen LogP contribution is 2.44. The fourth-order valence-electron chi connectivity index (χ4n) is 1.43. The number of hydrogen-bond donors (Lipinski definition) is 0. The minimum atomic E-state index is -0.0582. The quantitative estimate of drug-likeness (QED) is 0.710. The molecule has 0 aromatic heterocycles. The molecule has 0 radical (unpaired) electrons. The second kappa shape index (κ2) is 3.95. The molecule has 2 rings (SSSR count). The third-order valence-corrected chi connectivity index (χ3v) is 3.40. The zero-order chi connectivity index (χ0) is 10.8. The smallest absolute Gasteiger partial charge is 0.180 e. The first-order valence-corrected chi connectivity index (χ1v) is 5.42. The van der Waals surface area contributed by atoms with Crippen molar-refractivity contribution in [2.45, 2.75) is 4.90 Å². The van der Waals surface area contributed by atoms with Gasteiger partial charge in [-0.3, -0.25) is 4.79 Å². The van der Waals surface area contributed by atoms with Crippen LogP contribution in [0.1, 0.15) is 0 Å². The van der Waals surface area contributed by atoms with Crippen LogP contribution in [0.5, 0.6) is 0 Å². The Bertz CT molecular complexity index is 451. The first kappa shape index (κ1) is 10.1. The highest BCUT2D eigenvalue weighted by atomic mass is 32.2. The fourth-order valence-corrected chi connectivity index (χ4v) is 2.52. The maximum absolute atomic E-state index is 11.2. The molecular formula is C12H11NOS. The molecule has 0 bridgehead atoms. The largest absolute Gasteiger partial charge is 0.338 e. The number of carbonyl (C=O) groups is 1. The first-order chi connectivity index (χ1) is 7.22. The van der Waals surface area contributed by atoms with Crippen LogP contribution in [-0.2, 0) is 4.79 Å². The van der Waals surface area contributed by atoms with Gasteiger partial charge >= 0.3 is 0 Å².